The average Bonchev–Trinajstić information content (AvgIpc) is 3.39. The van der Waals surface area contributed by atoms with E-state index in [1.807, 2.05) is 48.5 Å². The van der Waals surface area contributed by atoms with E-state index in [0.717, 1.165) is 88.3 Å². The lowest BCUT2D eigenvalue weighted by atomic mass is 9.87. The van der Waals surface area contributed by atoms with E-state index in [9.17, 15) is 0 Å². The van der Waals surface area contributed by atoms with Crippen molar-refractivity contribution in [3.8, 4) is 22.6 Å². The van der Waals surface area contributed by atoms with E-state index < -0.39 is 16.5 Å². The fourth-order valence-electron chi connectivity index (χ4n) is 7.04. The molecule has 6 nitrogen and oxygen atoms in total. The minimum absolute atomic E-state index is 0.682. The molecule has 0 atom stereocenters. The Hall–Kier alpha value is -5.28. The summed E-state index contributed by atoms with van der Waals surface area (Å²) in [7, 11) is -3.82. The number of rotatable bonds is 5. The van der Waals surface area contributed by atoms with E-state index >= 15 is 0 Å². The molecule has 0 saturated carbocycles. The highest BCUT2D eigenvalue weighted by atomic mass is 31.1. The Morgan fingerprint density at radius 3 is 1.21 bits per heavy atom. The van der Waals surface area contributed by atoms with Crippen LogP contribution in [-0.4, -0.2) is 0 Å². The van der Waals surface area contributed by atoms with Gasteiger partial charge in [0.1, 0.15) is 33.8 Å². The number of para-hydroxylation sites is 4. The van der Waals surface area contributed by atoms with Crippen molar-refractivity contribution in [1.82, 2.24) is 0 Å². The Morgan fingerprint density at radius 2 is 0.769 bits per heavy atom. The van der Waals surface area contributed by atoms with E-state index in [1.165, 1.54) is 0 Å². The number of hydrogen-bond acceptors (Lipinski definition) is 6. The monoisotopic (exact) mass is 726 g/mol. The summed E-state index contributed by atoms with van der Waals surface area (Å²) in [5.41, 5.74) is 13.2. The van der Waals surface area contributed by atoms with Crippen LogP contribution in [-0.2, 0) is 0 Å². The highest BCUT2D eigenvalue weighted by molar-refractivity contribution is 7.32. The van der Waals surface area contributed by atoms with Crippen molar-refractivity contribution in [2.45, 2.75) is 55.4 Å². The summed E-state index contributed by atoms with van der Waals surface area (Å²) in [6.07, 6.45) is 0. The molecule has 0 spiro atoms. The van der Waals surface area contributed by atoms with Gasteiger partial charge in [0.05, 0.1) is 0 Å². The normalized spacial score (nSPS) is 11.5. The van der Waals surface area contributed by atoms with Crippen molar-refractivity contribution >= 4 is 60.4 Å². The molecule has 8 heteroatoms. The molecule has 52 heavy (non-hydrogen) atoms. The smallest absolute Gasteiger partial charge is 0.390 e. The molecule has 2 heterocycles. The number of aryl methyl sites for hydroxylation is 6. The Labute approximate surface area is 304 Å². The van der Waals surface area contributed by atoms with E-state index in [0.29, 0.717) is 22.7 Å². The van der Waals surface area contributed by atoms with Gasteiger partial charge in [-0.15, -0.1) is 0 Å². The first kappa shape index (κ1) is 33.8. The fourth-order valence-corrected chi connectivity index (χ4v) is 9.46. The van der Waals surface area contributed by atoms with E-state index in [1.54, 1.807) is 0 Å². The van der Waals surface area contributed by atoms with E-state index in [2.05, 4.69) is 104 Å². The van der Waals surface area contributed by atoms with Crippen LogP contribution in [0.4, 0.5) is 0 Å². The molecule has 2 aromatic heterocycles. The van der Waals surface area contributed by atoms with Crippen molar-refractivity contribution in [2.75, 3.05) is 0 Å². The number of hydrogen-bond donors (Lipinski definition) is 0. The molecule has 6 aromatic carbocycles. The highest BCUT2D eigenvalue weighted by Crippen LogP contribution is 2.51. The third-order valence-corrected chi connectivity index (χ3v) is 12.0. The Kier molecular flexibility index (Phi) is 8.70. The molecule has 0 unspecified atom stereocenters. The van der Waals surface area contributed by atoms with Gasteiger partial charge in [0.15, 0.2) is 0 Å². The molecule has 8 aromatic rings. The lowest BCUT2D eigenvalue weighted by Gasteiger charge is -2.22. The molecule has 0 aliphatic heterocycles. The molecular weight excluding hydrogens is 686 g/mol. The Morgan fingerprint density at radius 1 is 0.385 bits per heavy atom. The molecule has 0 radical (unpaired) electrons. The van der Waals surface area contributed by atoms with Crippen LogP contribution in [0.5, 0.6) is 11.5 Å². The van der Waals surface area contributed by atoms with Crippen LogP contribution >= 0.6 is 16.5 Å². The zero-order chi connectivity index (χ0) is 36.3. The first-order chi connectivity index (χ1) is 25.1. The minimum atomic E-state index is -1.92. The Bertz CT molecular complexity index is 2670. The zero-order valence-electron chi connectivity index (χ0n) is 30.6. The number of benzene rings is 6. The summed E-state index contributed by atoms with van der Waals surface area (Å²) in [5.74, 6) is 1.37. The topological polar surface area (TPSA) is 71.0 Å². The number of fused-ring (bicyclic) bond motifs is 6. The molecule has 0 N–H and O–H groups in total. The molecule has 262 valence electrons. The first-order valence-corrected chi connectivity index (χ1v) is 19.6. The summed E-state index contributed by atoms with van der Waals surface area (Å²) in [4.78, 5) is 0. The fraction of sp³-hybridized carbons (Fsp3) is 0.182. The second kappa shape index (κ2) is 13.4. The minimum Gasteiger partial charge on any atom is -0.390 e. The van der Waals surface area contributed by atoms with Crippen molar-refractivity contribution in [1.29, 1.82) is 0 Å². The second-order valence-electron chi connectivity index (χ2n) is 13.6. The van der Waals surface area contributed by atoms with Crippen LogP contribution in [0, 0.1) is 55.4 Å². The molecule has 0 amide bonds. The van der Waals surface area contributed by atoms with Gasteiger partial charge in [-0.05, 0) is 112 Å². The molecule has 0 aliphatic carbocycles. The lowest BCUT2D eigenvalue weighted by molar-refractivity contribution is 0.491. The van der Waals surface area contributed by atoms with Crippen LogP contribution in [0.25, 0.3) is 55.0 Å². The van der Waals surface area contributed by atoms with Gasteiger partial charge in [-0.25, -0.2) is 0 Å². The van der Waals surface area contributed by atoms with E-state index in [4.69, 9.17) is 25.8 Å². The van der Waals surface area contributed by atoms with Gasteiger partial charge in [0, 0.05) is 32.7 Å². The van der Waals surface area contributed by atoms with Crippen molar-refractivity contribution < 1.29 is 25.8 Å². The van der Waals surface area contributed by atoms with E-state index in [-0.39, 0.29) is 0 Å². The molecule has 8 rings (SSSR count). The van der Waals surface area contributed by atoms with Crippen LogP contribution < -0.4 is 9.05 Å². The summed E-state index contributed by atoms with van der Waals surface area (Å²) >= 11 is 0. The predicted molar refractivity (Wildman–Crippen MR) is 214 cm³/mol. The second-order valence-corrected chi connectivity index (χ2v) is 15.6. The zero-order valence-corrected chi connectivity index (χ0v) is 32.4. The third-order valence-electron chi connectivity index (χ3n) is 10.0. The van der Waals surface area contributed by atoms with Gasteiger partial charge < -0.3 is 25.8 Å². The van der Waals surface area contributed by atoms with Gasteiger partial charge in [0.25, 0.3) is 0 Å². The molecule has 0 fully saturated rings. The van der Waals surface area contributed by atoms with Gasteiger partial charge in [-0.2, -0.15) is 0 Å². The maximum absolute atomic E-state index is 7.01. The average molecular weight is 727 g/mol. The summed E-state index contributed by atoms with van der Waals surface area (Å²) in [6, 6.07) is 32.6. The molecule has 0 aliphatic rings. The van der Waals surface area contributed by atoms with Gasteiger partial charge >= 0.3 is 16.5 Å². The summed E-state index contributed by atoms with van der Waals surface area (Å²) < 4.78 is 40.4. The standard InChI is InChI=1S/C44H40O6P2/c1-25-15-13-19-35-36-20-14-16-26(2)42(36)48-52(47-41(25)35)50-44-30(6)24-28(4)32(8)40(44)39-31(7)27(3)23-29(5)43(39)49-51-45-37-21-11-9-17-33(37)34-18-10-12-22-38(34)46-51/h9-24H,1-8H3. The van der Waals surface area contributed by atoms with Crippen molar-refractivity contribution in [2.24, 2.45) is 0 Å². The lowest BCUT2D eigenvalue weighted by Crippen LogP contribution is -2.01. The Balaban J connectivity index is 1.38. The van der Waals surface area contributed by atoms with Crippen molar-refractivity contribution in [3.05, 3.63) is 142 Å². The predicted octanol–water partition coefficient (Wildman–Crippen LogP) is 14.7. The van der Waals surface area contributed by atoms with Gasteiger partial charge in [-0.1, -0.05) is 84.9 Å². The van der Waals surface area contributed by atoms with Crippen molar-refractivity contribution in [3.63, 3.8) is 0 Å². The third kappa shape index (κ3) is 5.87. The maximum Gasteiger partial charge on any atom is 0.453 e. The summed E-state index contributed by atoms with van der Waals surface area (Å²) in [5, 5.41) is 3.89. The van der Waals surface area contributed by atoms with Gasteiger partial charge in [-0.3, -0.25) is 0 Å². The largest absolute Gasteiger partial charge is 0.453 e. The first-order valence-electron chi connectivity index (χ1n) is 17.4. The molecule has 0 bridgehead atoms. The van der Waals surface area contributed by atoms with Crippen LogP contribution in [0.3, 0.4) is 0 Å². The quantitative estimate of drug-likeness (QED) is 0.176. The molecule has 0 saturated heterocycles. The molecular formula is C44H40O6P2. The summed E-state index contributed by atoms with van der Waals surface area (Å²) in [6.45, 7) is 16.8. The SMILES string of the molecule is Cc1cc(C)c(Op2oc3ccccc3c3ccccc3o2)c(-c2c(C)c(C)cc(C)c2Op2oc3c(C)cccc3c3cccc(C)c3o2)c1C. The van der Waals surface area contributed by atoms with Gasteiger partial charge in [0.2, 0.25) is 0 Å². The van der Waals surface area contributed by atoms with Crippen LogP contribution in [0.15, 0.2) is 114 Å². The highest BCUT2D eigenvalue weighted by Gasteiger charge is 2.26. The van der Waals surface area contributed by atoms with Crippen LogP contribution in [0.2, 0.25) is 0 Å². The van der Waals surface area contributed by atoms with Crippen LogP contribution in [0.1, 0.15) is 44.5 Å². The maximum atomic E-state index is 7.01.